The summed E-state index contributed by atoms with van der Waals surface area (Å²) in [5.74, 6) is -0.757. The smallest absolute Gasteiger partial charge is 0.266 e. The normalized spacial score (nSPS) is 12.3. The van der Waals surface area contributed by atoms with Crippen LogP contribution in [0.4, 0.5) is 11.4 Å². The van der Waals surface area contributed by atoms with E-state index in [0.717, 1.165) is 10.5 Å². The molecule has 0 saturated carbocycles. The number of nitrogens with one attached hydrogen (secondary N) is 2. The fourth-order valence-corrected chi connectivity index (χ4v) is 3.69. The lowest BCUT2D eigenvalue weighted by Crippen LogP contribution is -2.35. The van der Waals surface area contributed by atoms with Gasteiger partial charge in [0.25, 0.3) is 11.8 Å². The predicted molar refractivity (Wildman–Crippen MR) is 125 cm³/mol. The largest absolute Gasteiger partial charge is 0.494 e. The monoisotopic (exact) mass is 445 g/mol. The van der Waals surface area contributed by atoms with Gasteiger partial charge in [-0.1, -0.05) is 42.5 Å². The molecule has 0 saturated heterocycles. The standard InChI is InChI=1S/C24H19N3O4S/c1-31-20-14-16(25-24(32)26-21(28)13-15-7-3-2-4-8-15)11-12-19(20)27-22(29)17-9-5-6-10-18(17)23(27)30/h2-12,14H,13H2,1H3,(H2,25,26,28,32). The predicted octanol–water partition coefficient (Wildman–Crippen LogP) is 3.55. The molecule has 0 unspecified atom stereocenters. The van der Waals surface area contributed by atoms with E-state index in [1.165, 1.54) is 7.11 Å². The summed E-state index contributed by atoms with van der Waals surface area (Å²) in [7, 11) is 1.45. The molecule has 0 aliphatic carbocycles. The Morgan fingerprint density at radius 3 is 2.19 bits per heavy atom. The number of fused-ring (bicyclic) bond motifs is 1. The van der Waals surface area contributed by atoms with Crippen LogP contribution in [0.5, 0.6) is 5.75 Å². The number of amides is 3. The summed E-state index contributed by atoms with van der Waals surface area (Å²) in [6.07, 6.45) is 0.199. The van der Waals surface area contributed by atoms with Gasteiger partial charge >= 0.3 is 0 Å². The van der Waals surface area contributed by atoms with E-state index in [9.17, 15) is 14.4 Å². The van der Waals surface area contributed by atoms with Gasteiger partial charge in [0.15, 0.2) is 5.11 Å². The average Bonchev–Trinajstić information content (AvgIpc) is 3.04. The first-order valence-corrected chi connectivity index (χ1v) is 10.2. The Morgan fingerprint density at radius 1 is 0.938 bits per heavy atom. The molecule has 7 nitrogen and oxygen atoms in total. The zero-order valence-electron chi connectivity index (χ0n) is 17.1. The maximum Gasteiger partial charge on any atom is 0.266 e. The molecule has 3 aromatic carbocycles. The number of hydrogen-bond donors (Lipinski definition) is 2. The van der Waals surface area contributed by atoms with Gasteiger partial charge in [-0.05, 0) is 42.0 Å². The van der Waals surface area contributed by atoms with Crippen LogP contribution in [-0.4, -0.2) is 29.9 Å². The number of anilines is 2. The van der Waals surface area contributed by atoms with Crippen molar-refractivity contribution in [3.63, 3.8) is 0 Å². The van der Waals surface area contributed by atoms with Gasteiger partial charge in [0.05, 0.1) is 30.3 Å². The maximum atomic E-state index is 12.8. The highest BCUT2D eigenvalue weighted by Crippen LogP contribution is 2.36. The van der Waals surface area contributed by atoms with Crippen molar-refractivity contribution >= 4 is 46.4 Å². The number of benzene rings is 3. The molecule has 4 rings (SSSR count). The number of methoxy groups -OCH3 is 1. The number of nitrogens with zero attached hydrogens (tertiary/aromatic N) is 1. The number of carbonyl (C=O) groups is 3. The fourth-order valence-electron chi connectivity index (χ4n) is 3.46. The lowest BCUT2D eigenvalue weighted by Gasteiger charge is -2.19. The molecular weight excluding hydrogens is 426 g/mol. The van der Waals surface area contributed by atoms with Crippen molar-refractivity contribution in [3.8, 4) is 5.75 Å². The summed E-state index contributed by atoms with van der Waals surface area (Å²) in [5.41, 5.74) is 2.43. The highest BCUT2D eigenvalue weighted by molar-refractivity contribution is 7.80. The molecule has 0 bridgehead atoms. The third-order valence-corrected chi connectivity index (χ3v) is 5.14. The van der Waals surface area contributed by atoms with Crippen LogP contribution in [0.25, 0.3) is 0 Å². The van der Waals surface area contributed by atoms with Crippen LogP contribution in [-0.2, 0) is 11.2 Å². The number of rotatable bonds is 5. The van der Waals surface area contributed by atoms with E-state index < -0.39 is 11.8 Å². The van der Waals surface area contributed by atoms with Gasteiger partial charge in [-0.25, -0.2) is 4.90 Å². The van der Waals surface area contributed by atoms with Crippen LogP contribution in [0.2, 0.25) is 0 Å². The first kappa shape index (κ1) is 21.2. The number of imide groups is 1. The van der Waals surface area contributed by atoms with E-state index in [0.29, 0.717) is 28.3 Å². The molecule has 1 aliphatic heterocycles. The third kappa shape index (κ3) is 4.21. The molecule has 8 heteroatoms. The van der Waals surface area contributed by atoms with Gasteiger partial charge in [0.2, 0.25) is 5.91 Å². The molecule has 2 N–H and O–H groups in total. The second-order valence-corrected chi connectivity index (χ2v) is 7.45. The van der Waals surface area contributed by atoms with Crippen molar-refractivity contribution in [3.05, 3.63) is 89.5 Å². The van der Waals surface area contributed by atoms with E-state index in [1.807, 2.05) is 30.3 Å². The van der Waals surface area contributed by atoms with Crippen LogP contribution in [0.15, 0.2) is 72.8 Å². The van der Waals surface area contributed by atoms with Gasteiger partial charge < -0.3 is 15.4 Å². The van der Waals surface area contributed by atoms with Gasteiger partial charge in [-0.3, -0.25) is 14.4 Å². The summed E-state index contributed by atoms with van der Waals surface area (Å²) < 4.78 is 5.42. The number of carbonyl (C=O) groups excluding carboxylic acids is 3. The van der Waals surface area contributed by atoms with Crippen molar-refractivity contribution in [2.45, 2.75) is 6.42 Å². The van der Waals surface area contributed by atoms with Crippen molar-refractivity contribution in [2.75, 3.05) is 17.3 Å². The lowest BCUT2D eigenvalue weighted by molar-refractivity contribution is -0.119. The summed E-state index contributed by atoms with van der Waals surface area (Å²) in [6.45, 7) is 0. The van der Waals surface area contributed by atoms with E-state index >= 15 is 0 Å². The molecule has 3 amide bonds. The Morgan fingerprint density at radius 2 is 1.56 bits per heavy atom. The van der Waals surface area contributed by atoms with Crippen molar-refractivity contribution in [1.82, 2.24) is 5.32 Å². The Bertz CT molecular complexity index is 1190. The van der Waals surface area contributed by atoms with Crippen LogP contribution in [0.3, 0.4) is 0 Å². The topological polar surface area (TPSA) is 87.7 Å². The van der Waals surface area contributed by atoms with Gasteiger partial charge in [0, 0.05) is 11.8 Å². The third-order valence-electron chi connectivity index (χ3n) is 4.93. The summed E-state index contributed by atoms with van der Waals surface area (Å²) >= 11 is 5.23. The molecule has 0 aromatic heterocycles. The second kappa shape index (κ2) is 8.99. The number of ether oxygens (including phenoxy) is 1. The van der Waals surface area contributed by atoms with Crippen LogP contribution >= 0.6 is 12.2 Å². The SMILES string of the molecule is COc1cc(NC(=S)NC(=O)Cc2ccccc2)ccc1N1C(=O)c2ccccc2C1=O. The van der Waals surface area contributed by atoms with Crippen molar-refractivity contribution < 1.29 is 19.1 Å². The zero-order valence-corrected chi connectivity index (χ0v) is 17.9. The highest BCUT2D eigenvalue weighted by atomic mass is 32.1. The first-order chi connectivity index (χ1) is 15.5. The van der Waals surface area contributed by atoms with E-state index in [-0.39, 0.29) is 17.4 Å². The first-order valence-electron chi connectivity index (χ1n) is 9.78. The van der Waals surface area contributed by atoms with Crippen LogP contribution in [0.1, 0.15) is 26.3 Å². The molecule has 0 radical (unpaired) electrons. The minimum absolute atomic E-state index is 0.126. The number of thiocarbonyl (C=S) groups is 1. The van der Waals surface area contributed by atoms with Crippen molar-refractivity contribution in [1.29, 1.82) is 0 Å². The minimum Gasteiger partial charge on any atom is -0.494 e. The molecule has 0 atom stereocenters. The average molecular weight is 446 g/mol. The quantitative estimate of drug-likeness (QED) is 0.461. The van der Waals surface area contributed by atoms with Crippen LogP contribution in [0, 0.1) is 0 Å². The maximum absolute atomic E-state index is 12.8. The van der Waals surface area contributed by atoms with Crippen molar-refractivity contribution in [2.24, 2.45) is 0 Å². The molecule has 160 valence electrons. The lowest BCUT2D eigenvalue weighted by atomic mass is 10.1. The highest BCUT2D eigenvalue weighted by Gasteiger charge is 2.37. The summed E-state index contributed by atoms with van der Waals surface area (Å²) in [5, 5.41) is 5.68. The Balaban J connectivity index is 1.47. The fraction of sp³-hybridized carbons (Fsp3) is 0.0833. The van der Waals surface area contributed by atoms with Gasteiger partial charge in [-0.15, -0.1) is 0 Å². The Kier molecular flexibility index (Phi) is 5.96. The van der Waals surface area contributed by atoms with E-state index in [1.54, 1.807) is 42.5 Å². The Labute approximate surface area is 190 Å². The molecule has 32 heavy (non-hydrogen) atoms. The molecule has 0 fully saturated rings. The van der Waals surface area contributed by atoms with Crippen LogP contribution < -0.4 is 20.3 Å². The minimum atomic E-state index is -0.409. The zero-order chi connectivity index (χ0) is 22.7. The van der Waals surface area contributed by atoms with E-state index in [4.69, 9.17) is 17.0 Å². The molecule has 1 heterocycles. The molecular formula is C24H19N3O4S. The molecule has 0 spiro atoms. The molecule has 3 aromatic rings. The van der Waals surface area contributed by atoms with Gasteiger partial charge in [0.1, 0.15) is 5.75 Å². The van der Waals surface area contributed by atoms with E-state index in [2.05, 4.69) is 10.6 Å². The number of hydrogen-bond acceptors (Lipinski definition) is 5. The summed E-state index contributed by atoms with van der Waals surface area (Å²) in [4.78, 5) is 38.8. The summed E-state index contributed by atoms with van der Waals surface area (Å²) in [6, 6.07) is 20.8. The Hall–Kier alpha value is -4.04. The molecule has 1 aliphatic rings. The van der Waals surface area contributed by atoms with Gasteiger partial charge in [-0.2, -0.15) is 0 Å². The second-order valence-electron chi connectivity index (χ2n) is 7.04.